The number of pyridine rings is 2. The minimum atomic E-state index is 0.733. The van der Waals surface area contributed by atoms with Crippen LogP contribution in [0.3, 0.4) is 0 Å². The third kappa shape index (κ3) is 2.58. The van der Waals surface area contributed by atoms with E-state index in [-0.39, 0.29) is 0 Å². The average Bonchev–Trinajstić information content (AvgIpc) is 2.62. The first-order valence-electron chi connectivity index (χ1n) is 7.38. The fourth-order valence-corrected chi connectivity index (χ4v) is 2.89. The van der Waals surface area contributed by atoms with Crippen molar-refractivity contribution in [1.82, 2.24) is 9.97 Å². The van der Waals surface area contributed by atoms with Crippen molar-refractivity contribution in [2.24, 2.45) is 0 Å². The Morgan fingerprint density at radius 1 is 0.696 bits per heavy atom. The molecule has 0 N–H and O–H groups in total. The lowest BCUT2D eigenvalue weighted by Gasteiger charge is -2.10. The van der Waals surface area contributed by atoms with E-state index >= 15 is 0 Å². The second-order valence-electron chi connectivity index (χ2n) is 5.29. The van der Waals surface area contributed by atoms with Crippen LogP contribution >= 0.6 is 11.6 Å². The molecule has 0 aliphatic rings. The number of hydrogen-bond acceptors (Lipinski definition) is 2. The van der Waals surface area contributed by atoms with E-state index in [4.69, 9.17) is 11.6 Å². The number of hydrogen-bond donors (Lipinski definition) is 0. The van der Waals surface area contributed by atoms with Gasteiger partial charge in [-0.2, -0.15) is 0 Å². The van der Waals surface area contributed by atoms with Crippen LogP contribution in [0, 0.1) is 0 Å². The Hall–Kier alpha value is -2.71. The van der Waals surface area contributed by atoms with Gasteiger partial charge in [0, 0.05) is 28.4 Å². The van der Waals surface area contributed by atoms with E-state index in [9.17, 15) is 0 Å². The zero-order valence-electron chi connectivity index (χ0n) is 12.3. The smallest absolute Gasteiger partial charge is 0.0964 e. The first-order chi connectivity index (χ1) is 11.3. The minimum Gasteiger partial charge on any atom is -0.255 e. The quantitative estimate of drug-likeness (QED) is 0.480. The Morgan fingerprint density at radius 3 is 2.17 bits per heavy atom. The molecule has 0 unspecified atom stereocenters. The van der Waals surface area contributed by atoms with Gasteiger partial charge in [0.1, 0.15) is 0 Å². The summed E-state index contributed by atoms with van der Waals surface area (Å²) in [6, 6.07) is 22.0. The van der Waals surface area contributed by atoms with Crippen molar-refractivity contribution in [2.75, 3.05) is 0 Å². The van der Waals surface area contributed by atoms with Crippen LogP contribution < -0.4 is 0 Å². The molecule has 2 aromatic carbocycles. The zero-order chi connectivity index (χ0) is 15.6. The van der Waals surface area contributed by atoms with Crippen molar-refractivity contribution >= 4 is 22.4 Å². The Bertz CT molecular complexity index is 964. The molecule has 0 bridgehead atoms. The predicted octanol–water partition coefficient (Wildman–Crippen LogP) is 5.62. The van der Waals surface area contributed by atoms with Crippen LogP contribution in [0.5, 0.6) is 0 Å². The van der Waals surface area contributed by atoms with Gasteiger partial charge in [0.05, 0.1) is 11.4 Å². The molecule has 0 aliphatic carbocycles. The molecule has 0 aliphatic heterocycles. The summed E-state index contributed by atoms with van der Waals surface area (Å²) in [5, 5.41) is 2.99. The van der Waals surface area contributed by atoms with Crippen LogP contribution in [0.15, 0.2) is 79.1 Å². The molecule has 2 heterocycles. The van der Waals surface area contributed by atoms with Crippen molar-refractivity contribution in [3.63, 3.8) is 0 Å². The van der Waals surface area contributed by atoms with Gasteiger partial charge in [-0.25, -0.2) is 0 Å². The lowest BCUT2D eigenvalue weighted by Crippen LogP contribution is -1.91. The molecule has 0 radical (unpaired) electrons. The summed E-state index contributed by atoms with van der Waals surface area (Å²) < 4.78 is 0. The highest BCUT2D eigenvalue weighted by molar-refractivity contribution is 6.30. The van der Waals surface area contributed by atoms with Gasteiger partial charge < -0.3 is 0 Å². The Morgan fingerprint density at radius 2 is 1.43 bits per heavy atom. The van der Waals surface area contributed by atoms with Gasteiger partial charge >= 0.3 is 0 Å². The molecule has 23 heavy (non-hydrogen) atoms. The third-order valence-corrected chi connectivity index (χ3v) is 4.11. The molecule has 4 aromatic rings. The molecule has 0 fully saturated rings. The van der Waals surface area contributed by atoms with E-state index in [0.717, 1.165) is 38.3 Å². The fraction of sp³-hybridized carbons (Fsp3) is 0. The Kier molecular flexibility index (Phi) is 3.52. The highest BCUT2D eigenvalue weighted by Gasteiger charge is 2.11. The first kappa shape index (κ1) is 13.9. The van der Waals surface area contributed by atoms with Crippen molar-refractivity contribution in [3.8, 4) is 22.5 Å². The molecule has 0 saturated heterocycles. The first-order valence-corrected chi connectivity index (χ1v) is 7.76. The van der Waals surface area contributed by atoms with E-state index < -0.39 is 0 Å². The Labute approximate surface area is 139 Å². The van der Waals surface area contributed by atoms with Crippen molar-refractivity contribution in [3.05, 3.63) is 84.1 Å². The van der Waals surface area contributed by atoms with Crippen molar-refractivity contribution in [2.45, 2.75) is 0 Å². The maximum Gasteiger partial charge on any atom is 0.0964 e. The summed E-state index contributed by atoms with van der Waals surface area (Å²) >= 11 is 6.00. The largest absolute Gasteiger partial charge is 0.255 e. The molecule has 2 aromatic heterocycles. The molecule has 3 heteroatoms. The van der Waals surface area contributed by atoms with Crippen molar-refractivity contribution < 1.29 is 0 Å². The summed E-state index contributed by atoms with van der Waals surface area (Å²) in [7, 11) is 0. The molecule has 4 rings (SSSR count). The van der Waals surface area contributed by atoms with E-state index in [1.807, 2.05) is 60.8 Å². The maximum absolute atomic E-state index is 6.00. The number of halogens is 1. The zero-order valence-corrected chi connectivity index (χ0v) is 13.0. The van der Waals surface area contributed by atoms with Crippen LogP contribution in [0.25, 0.3) is 33.3 Å². The molecule has 0 saturated carbocycles. The van der Waals surface area contributed by atoms with Crippen molar-refractivity contribution in [1.29, 1.82) is 0 Å². The molecular weight excluding hydrogens is 304 g/mol. The molecule has 110 valence electrons. The number of fused-ring (bicyclic) bond motifs is 1. The summed E-state index contributed by atoms with van der Waals surface area (Å²) in [5.41, 5.74) is 3.98. The maximum atomic E-state index is 6.00. The SMILES string of the molecule is Clc1ccc(-c2cnc(-c3ccccn3)c3ccccc23)cc1. The van der Waals surface area contributed by atoms with E-state index in [2.05, 4.69) is 22.1 Å². The van der Waals surface area contributed by atoms with Crippen LogP contribution in [-0.2, 0) is 0 Å². The Balaban J connectivity index is 1.97. The van der Waals surface area contributed by atoms with Crippen LogP contribution in [0.2, 0.25) is 5.02 Å². The van der Waals surface area contributed by atoms with Gasteiger partial charge in [-0.1, -0.05) is 54.1 Å². The lowest BCUT2D eigenvalue weighted by atomic mass is 9.98. The van der Waals surface area contributed by atoms with Gasteiger partial charge in [-0.15, -0.1) is 0 Å². The summed E-state index contributed by atoms with van der Waals surface area (Å²) in [4.78, 5) is 9.11. The monoisotopic (exact) mass is 316 g/mol. The standard InChI is InChI=1S/C20H13ClN2/c21-15-10-8-14(9-11-15)18-13-23-20(19-7-3-4-12-22-19)17-6-2-1-5-16(17)18/h1-13H. The number of benzene rings is 2. The second kappa shape index (κ2) is 5.82. The van der Waals surface area contributed by atoms with Crippen LogP contribution in [0.4, 0.5) is 0 Å². The van der Waals surface area contributed by atoms with Gasteiger partial charge in [-0.05, 0) is 35.2 Å². The predicted molar refractivity (Wildman–Crippen MR) is 95.4 cm³/mol. The van der Waals surface area contributed by atoms with Gasteiger partial charge in [0.25, 0.3) is 0 Å². The summed E-state index contributed by atoms with van der Waals surface area (Å²) in [6.45, 7) is 0. The van der Waals surface area contributed by atoms with E-state index in [0.29, 0.717) is 0 Å². The highest BCUT2D eigenvalue weighted by Crippen LogP contribution is 2.33. The highest BCUT2D eigenvalue weighted by atomic mass is 35.5. The molecular formula is C20H13ClN2. The number of nitrogens with zero attached hydrogens (tertiary/aromatic N) is 2. The van der Waals surface area contributed by atoms with Crippen LogP contribution in [-0.4, -0.2) is 9.97 Å². The summed E-state index contributed by atoms with van der Waals surface area (Å²) in [6.07, 6.45) is 3.70. The van der Waals surface area contributed by atoms with Gasteiger partial charge in [0.2, 0.25) is 0 Å². The minimum absolute atomic E-state index is 0.733. The third-order valence-electron chi connectivity index (χ3n) is 3.86. The fourth-order valence-electron chi connectivity index (χ4n) is 2.76. The van der Waals surface area contributed by atoms with Gasteiger partial charge in [0.15, 0.2) is 0 Å². The number of rotatable bonds is 2. The van der Waals surface area contributed by atoms with Crippen LogP contribution in [0.1, 0.15) is 0 Å². The number of aromatic nitrogens is 2. The second-order valence-corrected chi connectivity index (χ2v) is 5.72. The van der Waals surface area contributed by atoms with Gasteiger partial charge in [-0.3, -0.25) is 9.97 Å². The van der Waals surface area contributed by atoms with E-state index in [1.54, 1.807) is 6.20 Å². The van der Waals surface area contributed by atoms with E-state index in [1.165, 1.54) is 0 Å². The molecule has 2 nitrogen and oxygen atoms in total. The lowest BCUT2D eigenvalue weighted by molar-refractivity contribution is 1.27. The summed E-state index contributed by atoms with van der Waals surface area (Å²) in [5.74, 6) is 0. The topological polar surface area (TPSA) is 25.8 Å². The molecule has 0 amide bonds. The molecule has 0 spiro atoms. The normalized spacial score (nSPS) is 10.8. The molecule has 0 atom stereocenters. The average molecular weight is 317 g/mol.